The van der Waals surface area contributed by atoms with Gasteiger partial charge in [-0.05, 0) is 83.0 Å². The van der Waals surface area contributed by atoms with E-state index in [-0.39, 0.29) is 23.3 Å². The number of aliphatic hydroxyl groups is 1. The summed E-state index contributed by atoms with van der Waals surface area (Å²) in [6.45, 7) is 6.27. The lowest BCUT2D eigenvalue weighted by molar-refractivity contribution is -0.137. The largest absolute Gasteiger partial charge is 0.417 e. The first-order valence-electron chi connectivity index (χ1n) is 12.1. The van der Waals surface area contributed by atoms with Crippen LogP contribution in [0.15, 0.2) is 18.2 Å². The number of rotatable bonds is 10. The van der Waals surface area contributed by atoms with Gasteiger partial charge in [-0.1, -0.05) is 19.3 Å². The molecule has 1 N–H and O–H groups in total. The molecule has 1 atom stereocenters. The number of nitriles is 1. The molecule has 0 spiro atoms. The normalized spacial score (nSPS) is 20.7. The van der Waals surface area contributed by atoms with Gasteiger partial charge in [0.05, 0.1) is 29.5 Å². The number of carbonyl (C=O) groups excluding carboxylic acids is 1. The molecular formula is C25H33F3N4O2S. The maximum Gasteiger partial charge on any atom is 0.417 e. The standard InChI is InChI=1S/C25H33F3N4O2S/c1-24(2)22(34)32(19-11-10-18(16-29)21(15-19)25(26,27)28)23(35)31(24)14-7-5-3-4-6-12-30-13-8-9-20(30)17-33/h10-11,15,20,33H,3-9,12-14,17H2,1-2H3/t20-/m1/s1. The van der Waals surface area contributed by atoms with E-state index in [9.17, 15) is 23.1 Å². The lowest BCUT2D eigenvalue weighted by atomic mass is 10.0. The molecule has 2 saturated heterocycles. The zero-order valence-electron chi connectivity index (χ0n) is 20.3. The van der Waals surface area contributed by atoms with Gasteiger partial charge in [-0.2, -0.15) is 18.4 Å². The molecule has 1 aromatic rings. The molecule has 2 aliphatic heterocycles. The van der Waals surface area contributed by atoms with E-state index in [0.717, 1.165) is 75.1 Å². The first-order chi connectivity index (χ1) is 16.5. The Hall–Kier alpha value is -2.22. The van der Waals surface area contributed by atoms with Gasteiger partial charge in [-0.15, -0.1) is 0 Å². The highest BCUT2D eigenvalue weighted by Gasteiger charge is 2.49. The number of anilines is 1. The summed E-state index contributed by atoms with van der Waals surface area (Å²) in [7, 11) is 0. The molecule has 192 valence electrons. The molecule has 6 nitrogen and oxygen atoms in total. The van der Waals surface area contributed by atoms with E-state index < -0.39 is 22.8 Å². The number of unbranched alkanes of at least 4 members (excludes halogenated alkanes) is 4. The van der Waals surface area contributed by atoms with Crippen LogP contribution in [0.3, 0.4) is 0 Å². The molecule has 35 heavy (non-hydrogen) atoms. The highest BCUT2D eigenvalue weighted by molar-refractivity contribution is 7.80. The number of hydrogen-bond donors (Lipinski definition) is 1. The molecule has 0 bridgehead atoms. The number of aliphatic hydroxyl groups excluding tert-OH is 1. The second-order valence-electron chi connectivity index (χ2n) is 9.76. The molecule has 0 radical (unpaired) electrons. The van der Waals surface area contributed by atoms with Crippen LogP contribution in [0.2, 0.25) is 0 Å². The molecule has 2 heterocycles. The Morgan fingerprint density at radius 1 is 1.17 bits per heavy atom. The second kappa shape index (κ2) is 11.2. The smallest absolute Gasteiger partial charge is 0.395 e. The van der Waals surface area contributed by atoms with Crippen molar-refractivity contribution in [3.8, 4) is 6.07 Å². The van der Waals surface area contributed by atoms with Crippen LogP contribution in [-0.2, 0) is 11.0 Å². The Morgan fingerprint density at radius 2 is 1.83 bits per heavy atom. The molecule has 10 heteroatoms. The van der Waals surface area contributed by atoms with Crippen LogP contribution in [0.5, 0.6) is 0 Å². The molecule has 0 unspecified atom stereocenters. The van der Waals surface area contributed by atoms with Gasteiger partial charge in [-0.3, -0.25) is 14.6 Å². The van der Waals surface area contributed by atoms with Gasteiger partial charge >= 0.3 is 6.18 Å². The van der Waals surface area contributed by atoms with Crippen molar-refractivity contribution in [2.45, 2.75) is 76.6 Å². The van der Waals surface area contributed by atoms with E-state index in [4.69, 9.17) is 17.5 Å². The van der Waals surface area contributed by atoms with Crippen molar-refractivity contribution in [3.05, 3.63) is 29.3 Å². The number of carbonyl (C=O) groups is 1. The van der Waals surface area contributed by atoms with Crippen molar-refractivity contribution >= 4 is 28.9 Å². The average molecular weight is 511 g/mol. The molecule has 0 saturated carbocycles. The van der Waals surface area contributed by atoms with Crippen molar-refractivity contribution in [3.63, 3.8) is 0 Å². The van der Waals surface area contributed by atoms with E-state index >= 15 is 0 Å². The van der Waals surface area contributed by atoms with Crippen molar-refractivity contribution in [2.24, 2.45) is 0 Å². The minimum absolute atomic E-state index is 0.0185. The summed E-state index contributed by atoms with van der Waals surface area (Å²) in [6.07, 6.45) is 2.48. The lowest BCUT2D eigenvalue weighted by Crippen LogP contribution is -2.44. The minimum atomic E-state index is -4.71. The molecular weight excluding hydrogens is 477 g/mol. The number of hydrogen-bond acceptors (Lipinski definition) is 5. The SMILES string of the molecule is CC1(C)C(=O)N(c2ccc(C#N)c(C(F)(F)F)c2)C(=S)N1CCCCCCCN1CCC[C@@H]1CO. The maximum atomic E-state index is 13.4. The van der Waals surface area contributed by atoms with Gasteiger partial charge < -0.3 is 10.0 Å². The monoisotopic (exact) mass is 510 g/mol. The van der Waals surface area contributed by atoms with Crippen molar-refractivity contribution < 1.29 is 23.1 Å². The van der Waals surface area contributed by atoms with E-state index in [0.29, 0.717) is 12.6 Å². The zero-order chi connectivity index (χ0) is 25.8. The van der Waals surface area contributed by atoms with Gasteiger partial charge in [0, 0.05) is 12.6 Å². The van der Waals surface area contributed by atoms with Gasteiger partial charge in [0.25, 0.3) is 5.91 Å². The van der Waals surface area contributed by atoms with Crippen molar-refractivity contribution in [1.82, 2.24) is 9.80 Å². The summed E-state index contributed by atoms with van der Waals surface area (Å²) in [5.74, 6) is -0.385. The Bertz CT molecular complexity index is 976. The molecule has 1 aromatic carbocycles. The number of alkyl halides is 3. The first-order valence-corrected chi connectivity index (χ1v) is 12.6. The highest BCUT2D eigenvalue weighted by Crippen LogP contribution is 2.38. The minimum Gasteiger partial charge on any atom is -0.395 e. The van der Waals surface area contributed by atoms with Crippen LogP contribution in [0, 0.1) is 11.3 Å². The fourth-order valence-corrected chi connectivity index (χ4v) is 5.46. The van der Waals surface area contributed by atoms with Crippen LogP contribution >= 0.6 is 12.2 Å². The Kier molecular flexibility index (Phi) is 8.78. The summed E-state index contributed by atoms with van der Waals surface area (Å²) in [4.78, 5) is 18.4. The lowest BCUT2D eigenvalue weighted by Gasteiger charge is -2.29. The van der Waals surface area contributed by atoms with Crippen molar-refractivity contribution in [1.29, 1.82) is 5.26 Å². The van der Waals surface area contributed by atoms with Gasteiger partial charge in [0.15, 0.2) is 5.11 Å². The molecule has 1 amide bonds. The number of likely N-dealkylation sites (tertiary alicyclic amines) is 1. The van der Waals surface area contributed by atoms with E-state index in [1.165, 1.54) is 6.07 Å². The Balaban J connectivity index is 1.56. The average Bonchev–Trinajstić information content (AvgIpc) is 3.33. The van der Waals surface area contributed by atoms with E-state index in [2.05, 4.69) is 4.90 Å². The van der Waals surface area contributed by atoms with E-state index in [1.807, 2.05) is 0 Å². The number of amides is 1. The van der Waals surface area contributed by atoms with Gasteiger partial charge in [0.1, 0.15) is 5.54 Å². The summed E-state index contributed by atoms with van der Waals surface area (Å²) >= 11 is 5.53. The highest BCUT2D eigenvalue weighted by atomic mass is 32.1. The topological polar surface area (TPSA) is 70.8 Å². The fourth-order valence-electron chi connectivity index (χ4n) is 4.95. The zero-order valence-corrected chi connectivity index (χ0v) is 21.1. The predicted octanol–water partition coefficient (Wildman–Crippen LogP) is 4.70. The summed E-state index contributed by atoms with van der Waals surface area (Å²) < 4.78 is 40.3. The van der Waals surface area contributed by atoms with Crippen LogP contribution < -0.4 is 4.90 Å². The molecule has 2 aliphatic rings. The summed E-state index contributed by atoms with van der Waals surface area (Å²) in [5, 5.41) is 18.6. The van der Waals surface area contributed by atoms with Crippen LogP contribution in [0.4, 0.5) is 18.9 Å². The molecule has 0 aromatic heterocycles. The van der Waals surface area contributed by atoms with Crippen LogP contribution in [0.1, 0.15) is 69.9 Å². The van der Waals surface area contributed by atoms with Crippen LogP contribution in [0.25, 0.3) is 0 Å². The fraction of sp³-hybridized carbons (Fsp3) is 0.640. The van der Waals surface area contributed by atoms with Crippen molar-refractivity contribution in [2.75, 3.05) is 31.1 Å². The second-order valence-corrected chi connectivity index (χ2v) is 10.1. The molecule has 2 fully saturated rings. The molecule has 0 aliphatic carbocycles. The van der Waals surface area contributed by atoms with E-state index in [1.54, 1.807) is 24.8 Å². The maximum absolute atomic E-state index is 13.4. The molecule has 3 rings (SSSR count). The Morgan fingerprint density at radius 3 is 2.46 bits per heavy atom. The van der Waals surface area contributed by atoms with Crippen LogP contribution in [-0.4, -0.2) is 63.7 Å². The quantitative estimate of drug-likeness (QED) is 0.364. The van der Waals surface area contributed by atoms with Gasteiger partial charge in [0.2, 0.25) is 0 Å². The van der Waals surface area contributed by atoms with Gasteiger partial charge in [-0.25, -0.2) is 0 Å². The third kappa shape index (κ3) is 5.96. The number of nitrogens with zero attached hydrogens (tertiary/aromatic N) is 4. The number of halogens is 3. The number of thiocarbonyl (C=S) groups is 1. The first kappa shape index (κ1) is 27.4. The summed E-state index contributed by atoms with van der Waals surface area (Å²) in [5.41, 5.74) is -2.53. The summed E-state index contributed by atoms with van der Waals surface area (Å²) in [6, 6.07) is 5.09. The third-order valence-electron chi connectivity index (χ3n) is 7.05. The predicted molar refractivity (Wildman–Crippen MR) is 132 cm³/mol. The number of benzene rings is 1. The third-order valence-corrected chi connectivity index (χ3v) is 7.45. The Labute approximate surface area is 210 Å².